The number of carbonyl (C=O) groups is 1. The van der Waals surface area contributed by atoms with Gasteiger partial charge in [0.1, 0.15) is 11.9 Å². The lowest BCUT2D eigenvalue weighted by Gasteiger charge is -2.26. The lowest BCUT2D eigenvalue weighted by Crippen LogP contribution is -2.44. The van der Waals surface area contributed by atoms with Crippen LogP contribution in [-0.4, -0.2) is 69.3 Å². The molecule has 0 unspecified atom stereocenters. The predicted molar refractivity (Wildman–Crippen MR) is 129 cm³/mol. The second-order valence-corrected chi connectivity index (χ2v) is 8.45. The molecule has 4 rings (SSSR count). The Morgan fingerprint density at radius 1 is 1.15 bits per heavy atom. The highest BCUT2D eigenvalue weighted by Crippen LogP contribution is 2.19. The molecule has 1 N–H and O–H groups in total. The van der Waals surface area contributed by atoms with Gasteiger partial charge in [-0.05, 0) is 44.2 Å². The first kappa shape index (κ1) is 24.1. The average molecular weight is 487 g/mol. The summed E-state index contributed by atoms with van der Waals surface area (Å²) in [5.74, 6) is -0.0113. The smallest absolute Gasteiger partial charge is 0.333 e. The molecule has 0 bridgehead atoms. The summed E-state index contributed by atoms with van der Waals surface area (Å²) in [6.07, 6.45) is 2.18. The first-order valence-electron chi connectivity index (χ1n) is 11.3. The number of nitrogens with one attached hydrogen (secondary N) is 1. The molecule has 0 radical (unpaired) electrons. The Bertz CT molecular complexity index is 1280. The molecule has 3 heterocycles. The van der Waals surface area contributed by atoms with Gasteiger partial charge < -0.3 is 10.1 Å². The molecule has 1 aromatic carbocycles. The van der Waals surface area contributed by atoms with E-state index in [9.17, 15) is 14.4 Å². The lowest BCUT2D eigenvalue weighted by molar-refractivity contribution is -0.121. The average Bonchev–Trinajstić information content (AvgIpc) is 2.85. The standard InChI is InChI=1S/C23H27ClN6O4/c1-2-29-21-18(14-26-20(27-21)16-4-6-17(24)7-5-16)22(32)30(23(29)33)15-19(31)25-8-3-9-28-10-12-34-13-11-28/h4-7,14H,2-3,8-13,15H2,1H3,(H,25,31). The van der Waals surface area contributed by atoms with Gasteiger partial charge in [0.05, 0.1) is 13.2 Å². The SMILES string of the molecule is CCn1c(=O)n(CC(=O)NCCCN2CCOCC2)c(=O)c2cnc(-c3ccc(Cl)cc3)nc21. The Morgan fingerprint density at radius 3 is 2.59 bits per heavy atom. The van der Waals surface area contributed by atoms with Crippen molar-refractivity contribution in [1.82, 2.24) is 29.3 Å². The minimum absolute atomic E-state index is 0.180. The number of hydrogen-bond acceptors (Lipinski definition) is 7. The Labute approximate surface area is 201 Å². The van der Waals surface area contributed by atoms with Crippen LogP contribution >= 0.6 is 11.6 Å². The van der Waals surface area contributed by atoms with Gasteiger partial charge in [0.25, 0.3) is 5.56 Å². The van der Waals surface area contributed by atoms with E-state index in [-0.39, 0.29) is 30.0 Å². The molecule has 1 aliphatic rings. The van der Waals surface area contributed by atoms with E-state index < -0.39 is 11.2 Å². The number of ether oxygens (including phenoxy) is 1. The molecule has 1 saturated heterocycles. The normalized spacial score (nSPS) is 14.4. The second-order valence-electron chi connectivity index (χ2n) is 8.01. The molecule has 1 fully saturated rings. The number of morpholine rings is 1. The van der Waals surface area contributed by atoms with Crippen LogP contribution in [0.5, 0.6) is 0 Å². The maximum atomic E-state index is 13.0. The fraction of sp³-hybridized carbons (Fsp3) is 0.435. The Kier molecular flexibility index (Phi) is 7.71. The van der Waals surface area contributed by atoms with E-state index in [1.807, 2.05) is 0 Å². The summed E-state index contributed by atoms with van der Waals surface area (Å²) < 4.78 is 7.64. The van der Waals surface area contributed by atoms with E-state index in [1.165, 1.54) is 10.8 Å². The molecular formula is C23H27ClN6O4. The highest BCUT2D eigenvalue weighted by atomic mass is 35.5. The Balaban J connectivity index is 1.51. The molecule has 2 aromatic heterocycles. The number of halogens is 1. The van der Waals surface area contributed by atoms with Crippen LogP contribution in [0, 0.1) is 0 Å². The van der Waals surface area contributed by atoms with E-state index >= 15 is 0 Å². The first-order chi connectivity index (χ1) is 16.5. The third-order valence-corrected chi connectivity index (χ3v) is 6.01. The summed E-state index contributed by atoms with van der Waals surface area (Å²) in [5, 5.41) is 3.56. The van der Waals surface area contributed by atoms with Crippen molar-refractivity contribution >= 4 is 28.5 Å². The van der Waals surface area contributed by atoms with Crippen LogP contribution in [0.15, 0.2) is 40.1 Å². The third kappa shape index (κ3) is 5.35. The second kappa shape index (κ2) is 10.9. The molecule has 0 atom stereocenters. The summed E-state index contributed by atoms with van der Waals surface area (Å²) >= 11 is 5.95. The van der Waals surface area contributed by atoms with Crippen LogP contribution in [0.25, 0.3) is 22.4 Å². The van der Waals surface area contributed by atoms with Gasteiger partial charge in [-0.2, -0.15) is 0 Å². The number of aryl methyl sites for hydroxylation is 1. The van der Waals surface area contributed by atoms with Crippen molar-refractivity contribution in [1.29, 1.82) is 0 Å². The highest BCUT2D eigenvalue weighted by molar-refractivity contribution is 6.30. The van der Waals surface area contributed by atoms with E-state index in [0.29, 0.717) is 23.0 Å². The van der Waals surface area contributed by atoms with Crippen molar-refractivity contribution in [2.24, 2.45) is 0 Å². The number of nitrogens with zero attached hydrogens (tertiary/aromatic N) is 5. The number of amides is 1. The zero-order chi connectivity index (χ0) is 24.1. The number of hydrogen-bond donors (Lipinski definition) is 1. The largest absolute Gasteiger partial charge is 0.379 e. The molecule has 10 nitrogen and oxygen atoms in total. The van der Waals surface area contributed by atoms with Crippen molar-refractivity contribution in [3.8, 4) is 11.4 Å². The fourth-order valence-electron chi connectivity index (χ4n) is 3.92. The zero-order valence-corrected chi connectivity index (χ0v) is 19.8. The molecule has 0 spiro atoms. The minimum atomic E-state index is -0.587. The molecule has 1 amide bonds. The molecule has 0 aliphatic carbocycles. The van der Waals surface area contributed by atoms with Crippen LogP contribution in [-0.2, 0) is 22.6 Å². The molecule has 11 heteroatoms. The van der Waals surface area contributed by atoms with Crippen molar-refractivity contribution in [2.75, 3.05) is 39.4 Å². The maximum absolute atomic E-state index is 13.0. The molecular weight excluding hydrogens is 460 g/mol. The summed E-state index contributed by atoms with van der Waals surface area (Å²) in [6.45, 7) is 6.27. The summed E-state index contributed by atoms with van der Waals surface area (Å²) in [5.41, 5.74) is -0.221. The van der Waals surface area contributed by atoms with Gasteiger partial charge in [-0.3, -0.25) is 23.6 Å². The van der Waals surface area contributed by atoms with Crippen LogP contribution in [0.3, 0.4) is 0 Å². The van der Waals surface area contributed by atoms with Gasteiger partial charge in [-0.15, -0.1) is 0 Å². The quantitative estimate of drug-likeness (QED) is 0.475. The van der Waals surface area contributed by atoms with Crippen molar-refractivity contribution < 1.29 is 9.53 Å². The Hall–Kier alpha value is -3.08. The van der Waals surface area contributed by atoms with E-state index in [2.05, 4.69) is 20.2 Å². The van der Waals surface area contributed by atoms with Gasteiger partial charge in [0.2, 0.25) is 5.91 Å². The van der Waals surface area contributed by atoms with Crippen LogP contribution in [0.1, 0.15) is 13.3 Å². The third-order valence-electron chi connectivity index (χ3n) is 5.76. The van der Waals surface area contributed by atoms with Crippen LogP contribution in [0.4, 0.5) is 0 Å². The number of carbonyl (C=O) groups excluding carboxylic acids is 1. The monoisotopic (exact) mass is 486 g/mol. The van der Waals surface area contributed by atoms with Gasteiger partial charge >= 0.3 is 5.69 Å². The van der Waals surface area contributed by atoms with Crippen LogP contribution < -0.4 is 16.6 Å². The molecule has 1 aliphatic heterocycles. The fourth-order valence-corrected chi connectivity index (χ4v) is 4.04. The minimum Gasteiger partial charge on any atom is -0.379 e. The zero-order valence-electron chi connectivity index (χ0n) is 19.0. The molecule has 0 saturated carbocycles. The van der Waals surface area contributed by atoms with Gasteiger partial charge in [-0.1, -0.05) is 11.6 Å². The lowest BCUT2D eigenvalue weighted by atomic mass is 10.2. The number of fused-ring (bicyclic) bond motifs is 1. The highest BCUT2D eigenvalue weighted by Gasteiger charge is 2.17. The molecule has 34 heavy (non-hydrogen) atoms. The maximum Gasteiger partial charge on any atom is 0.333 e. The van der Waals surface area contributed by atoms with E-state index in [0.717, 1.165) is 43.8 Å². The van der Waals surface area contributed by atoms with Crippen LogP contribution in [0.2, 0.25) is 5.02 Å². The predicted octanol–water partition coefficient (Wildman–Crippen LogP) is 1.13. The van der Waals surface area contributed by atoms with E-state index in [4.69, 9.17) is 16.3 Å². The van der Waals surface area contributed by atoms with Crippen molar-refractivity contribution in [2.45, 2.75) is 26.4 Å². The van der Waals surface area contributed by atoms with Crippen molar-refractivity contribution in [3.05, 3.63) is 56.3 Å². The number of benzene rings is 1. The number of aromatic nitrogens is 4. The first-order valence-corrected chi connectivity index (χ1v) is 11.7. The van der Waals surface area contributed by atoms with Gasteiger partial charge in [0, 0.05) is 43.0 Å². The number of rotatable bonds is 8. The van der Waals surface area contributed by atoms with Gasteiger partial charge in [-0.25, -0.2) is 14.8 Å². The van der Waals surface area contributed by atoms with Crippen molar-refractivity contribution in [3.63, 3.8) is 0 Å². The van der Waals surface area contributed by atoms with E-state index in [1.54, 1.807) is 31.2 Å². The topological polar surface area (TPSA) is 111 Å². The van der Waals surface area contributed by atoms with Gasteiger partial charge in [0.15, 0.2) is 11.5 Å². The summed E-state index contributed by atoms with van der Waals surface area (Å²) in [6, 6.07) is 6.97. The molecule has 3 aromatic rings. The summed E-state index contributed by atoms with van der Waals surface area (Å²) in [4.78, 5) is 49.6. The molecule has 180 valence electrons. The Morgan fingerprint density at radius 2 is 1.88 bits per heavy atom. The summed E-state index contributed by atoms with van der Waals surface area (Å²) in [7, 11) is 0.